The van der Waals surface area contributed by atoms with Crippen LogP contribution in [0, 0.1) is 5.41 Å². The summed E-state index contributed by atoms with van der Waals surface area (Å²) >= 11 is 0. The van der Waals surface area contributed by atoms with Crippen LogP contribution in [0.1, 0.15) is 44.1 Å². The van der Waals surface area contributed by atoms with Crippen molar-refractivity contribution in [3.05, 3.63) is 29.8 Å². The van der Waals surface area contributed by atoms with Gasteiger partial charge in [0.15, 0.2) is 0 Å². The third-order valence-corrected chi connectivity index (χ3v) is 5.52. The van der Waals surface area contributed by atoms with Crippen molar-refractivity contribution < 1.29 is 19.1 Å². The number of hydrogen-bond acceptors (Lipinski definition) is 4. The summed E-state index contributed by atoms with van der Waals surface area (Å²) in [6.45, 7) is 0.293. The maximum atomic E-state index is 12.4. The highest BCUT2D eigenvalue weighted by Gasteiger charge is 2.45. The van der Waals surface area contributed by atoms with Crippen LogP contribution in [-0.4, -0.2) is 42.8 Å². The molecule has 0 atom stereocenters. The van der Waals surface area contributed by atoms with Gasteiger partial charge >= 0.3 is 0 Å². The molecule has 1 aromatic carbocycles. The second-order valence-electron chi connectivity index (χ2n) is 7.38. The minimum absolute atomic E-state index is 0.129. The fraction of sp³-hybridized carbons (Fsp3) is 0.550. The first-order valence-corrected chi connectivity index (χ1v) is 9.24. The smallest absolute Gasteiger partial charge is 0.240 e. The van der Waals surface area contributed by atoms with Crippen LogP contribution in [0.4, 0.5) is 0 Å². The summed E-state index contributed by atoms with van der Waals surface area (Å²) in [7, 11) is 1.62. The van der Waals surface area contributed by atoms with Gasteiger partial charge in [0.1, 0.15) is 12.3 Å². The lowest BCUT2D eigenvalue weighted by atomic mass is 9.76. The van der Waals surface area contributed by atoms with Gasteiger partial charge in [-0.15, -0.1) is 0 Å². The lowest BCUT2D eigenvalue weighted by Crippen LogP contribution is -2.50. The predicted octanol–water partition coefficient (Wildman–Crippen LogP) is 2.06. The van der Waals surface area contributed by atoms with Crippen molar-refractivity contribution in [1.29, 1.82) is 0 Å². The van der Waals surface area contributed by atoms with E-state index in [0.29, 0.717) is 25.8 Å². The number of nitrogens with zero attached hydrogens (tertiary/aromatic N) is 1. The standard InChI is InChI=1S/C20H26N2O4/c1-26-16-6-4-15(5-7-16)8-11-21-17(23)14-22-18(24)12-20(13-19(22)25)9-2-3-10-20/h4-7H,2-3,8-14H2,1H3,(H,21,23). The molecule has 2 fully saturated rings. The normalized spacial score (nSPS) is 19.0. The zero-order valence-corrected chi connectivity index (χ0v) is 15.3. The van der Waals surface area contributed by atoms with Gasteiger partial charge in [0.2, 0.25) is 17.7 Å². The summed E-state index contributed by atoms with van der Waals surface area (Å²) < 4.78 is 5.11. The van der Waals surface area contributed by atoms with Gasteiger partial charge in [0.25, 0.3) is 0 Å². The van der Waals surface area contributed by atoms with Gasteiger partial charge < -0.3 is 10.1 Å². The van der Waals surface area contributed by atoms with Gasteiger partial charge in [-0.2, -0.15) is 0 Å². The third kappa shape index (κ3) is 4.23. The Balaban J connectivity index is 1.45. The van der Waals surface area contributed by atoms with E-state index in [9.17, 15) is 14.4 Å². The van der Waals surface area contributed by atoms with Gasteiger partial charge in [-0.1, -0.05) is 25.0 Å². The Hall–Kier alpha value is -2.37. The van der Waals surface area contributed by atoms with E-state index < -0.39 is 0 Å². The zero-order chi connectivity index (χ0) is 18.6. The number of nitrogens with one attached hydrogen (secondary N) is 1. The third-order valence-electron chi connectivity index (χ3n) is 5.52. The van der Waals surface area contributed by atoms with Crippen molar-refractivity contribution >= 4 is 17.7 Å². The molecule has 3 amide bonds. The van der Waals surface area contributed by atoms with Crippen LogP contribution in [0.2, 0.25) is 0 Å². The molecule has 1 aromatic rings. The van der Waals surface area contributed by atoms with Crippen molar-refractivity contribution in [3.63, 3.8) is 0 Å². The Labute approximate surface area is 153 Å². The van der Waals surface area contributed by atoms with Crippen LogP contribution in [0.25, 0.3) is 0 Å². The van der Waals surface area contributed by atoms with Gasteiger partial charge in [0, 0.05) is 19.4 Å². The van der Waals surface area contributed by atoms with Crippen molar-refractivity contribution in [3.8, 4) is 5.75 Å². The molecule has 0 aromatic heterocycles. The van der Waals surface area contributed by atoms with Crippen LogP contribution in [0.5, 0.6) is 5.75 Å². The highest BCUT2D eigenvalue weighted by molar-refractivity contribution is 6.01. The lowest BCUT2D eigenvalue weighted by molar-refractivity contribution is -0.155. The molecule has 6 nitrogen and oxygen atoms in total. The minimum Gasteiger partial charge on any atom is -0.497 e. The topological polar surface area (TPSA) is 75.7 Å². The molecule has 140 valence electrons. The van der Waals surface area contributed by atoms with Crippen molar-refractivity contribution in [2.24, 2.45) is 5.41 Å². The number of methoxy groups -OCH3 is 1. The molecule has 26 heavy (non-hydrogen) atoms. The number of amides is 3. The molecule has 1 saturated carbocycles. The Morgan fingerprint density at radius 1 is 1.12 bits per heavy atom. The van der Waals surface area contributed by atoms with Crippen LogP contribution < -0.4 is 10.1 Å². The first-order chi connectivity index (χ1) is 12.5. The number of ether oxygens (including phenoxy) is 1. The Morgan fingerprint density at radius 2 is 1.73 bits per heavy atom. The number of piperidine rings is 1. The van der Waals surface area contributed by atoms with Crippen molar-refractivity contribution in [2.45, 2.75) is 44.9 Å². The van der Waals surface area contributed by atoms with Crippen molar-refractivity contribution in [2.75, 3.05) is 20.2 Å². The monoisotopic (exact) mass is 358 g/mol. The fourth-order valence-corrected chi connectivity index (χ4v) is 4.03. The van der Waals surface area contributed by atoms with E-state index in [1.807, 2.05) is 24.3 Å². The molecule has 1 heterocycles. The molecule has 1 spiro atoms. The van der Waals surface area contributed by atoms with Crippen LogP contribution in [0.15, 0.2) is 24.3 Å². The largest absolute Gasteiger partial charge is 0.497 e. The SMILES string of the molecule is COc1ccc(CCNC(=O)CN2C(=O)CC3(CCCC3)CC2=O)cc1. The van der Waals surface area contributed by atoms with E-state index in [1.54, 1.807) is 7.11 Å². The van der Waals surface area contributed by atoms with Gasteiger partial charge in [-0.3, -0.25) is 19.3 Å². The fourth-order valence-electron chi connectivity index (χ4n) is 4.03. The molecule has 1 saturated heterocycles. The van der Waals surface area contributed by atoms with Gasteiger partial charge in [-0.25, -0.2) is 0 Å². The van der Waals surface area contributed by atoms with E-state index in [0.717, 1.165) is 41.9 Å². The second-order valence-corrected chi connectivity index (χ2v) is 7.38. The summed E-state index contributed by atoms with van der Waals surface area (Å²) in [6, 6.07) is 7.65. The molecule has 3 rings (SSSR count). The number of carbonyl (C=O) groups excluding carboxylic acids is 3. The van der Waals surface area contributed by atoms with Crippen LogP contribution >= 0.6 is 0 Å². The minimum atomic E-state index is -0.289. The van der Waals surface area contributed by atoms with Crippen LogP contribution in [0.3, 0.4) is 0 Å². The Morgan fingerprint density at radius 3 is 2.31 bits per heavy atom. The first kappa shape index (κ1) is 18.4. The van der Waals surface area contributed by atoms with E-state index in [1.165, 1.54) is 0 Å². The molecule has 6 heteroatoms. The highest BCUT2D eigenvalue weighted by Crippen LogP contribution is 2.46. The number of likely N-dealkylation sites (tertiary alicyclic amines) is 1. The highest BCUT2D eigenvalue weighted by atomic mass is 16.5. The summed E-state index contributed by atoms with van der Waals surface area (Å²) in [5, 5.41) is 2.79. The molecule has 0 unspecified atom stereocenters. The zero-order valence-electron chi connectivity index (χ0n) is 15.3. The number of benzene rings is 1. The first-order valence-electron chi connectivity index (χ1n) is 9.24. The number of carbonyl (C=O) groups is 3. The van der Waals surface area contributed by atoms with Crippen LogP contribution in [-0.2, 0) is 20.8 Å². The summed E-state index contributed by atoms with van der Waals surface area (Å²) in [6.07, 6.45) is 5.56. The van der Waals surface area contributed by atoms with Gasteiger partial charge in [0.05, 0.1) is 7.11 Å². The quantitative estimate of drug-likeness (QED) is 0.790. The predicted molar refractivity (Wildman–Crippen MR) is 96.6 cm³/mol. The summed E-state index contributed by atoms with van der Waals surface area (Å²) in [5.74, 6) is 0.101. The maximum Gasteiger partial charge on any atom is 0.240 e. The van der Waals surface area contributed by atoms with Crippen molar-refractivity contribution in [1.82, 2.24) is 10.2 Å². The molecular formula is C20H26N2O4. The Kier molecular flexibility index (Phi) is 5.59. The van der Waals surface area contributed by atoms with E-state index in [-0.39, 0.29) is 29.7 Å². The maximum absolute atomic E-state index is 12.4. The van der Waals surface area contributed by atoms with E-state index >= 15 is 0 Å². The second kappa shape index (κ2) is 7.89. The number of imide groups is 1. The molecule has 2 aliphatic rings. The molecule has 1 aliphatic heterocycles. The van der Waals surface area contributed by atoms with E-state index in [2.05, 4.69) is 5.32 Å². The number of rotatable bonds is 6. The van der Waals surface area contributed by atoms with Gasteiger partial charge in [-0.05, 0) is 42.4 Å². The summed E-state index contributed by atoms with van der Waals surface area (Å²) in [5.41, 5.74) is 0.953. The molecule has 0 bridgehead atoms. The average Bonchev–Trinajstić information content (AvgIpc) is 3.06. The van der Waals surface area contributed by atoms with E-state index in [4.69, 9.17) is 4.74 Å². The Bertz CT molecular complexity index is 658. The molecule has 0 radical (unpaired) electrons. The molecular weight excluding hydrogens is 332 g/mol. The molecule has 1 aliphatic carbocycles. The molecule has 1 N–H and O–H groups in total. The average molecular weight is 358 g/mol. The number of hydrogen-bond donors (Lipinski definition) is 1. The lowest BCUT2D eigenvalue weighted by Gasteiger charge is -2.36. The summed E-state index contributed by atoms with van der Waals surface area (Å²) in [4.78, 5) is 38.0.